The topological polar surface area (TPSA) is 55.3 Å². The van der Waals surface area contributed by atoms with E-state index in [1.807, 2.05) is 0 Å². The van der Waals surface area contributed by atoms with Crippen molar-refractivity contribution in [3.63, 3.8) is 0 Å². The zero-order valence-corrected chi connectivity index (χ0v) is 14.6. The maximum atomic E-state index is 14.2. The van der Waals surface area contributed by atoms with Crippen LogP contribution in [0.3, 0.4) is 0 Å². The van der Waals surface area contributed by atoms with E-state index in [1.54, 1.807) is 18.2 Å². The van der Waals surface area contributed by atoms with E-state index in [0.29, 0.717) is 16.6 Å². The summed E-state index contributed by atoms with van der Waals surface area (Å²) in [4.78, 5) is 21.2. The average molecular weight is 409 g/mol. The Labute approximate surface area is 160 Å². The first kappa shape index (κ1) is 19.0. The number of carbonyl (C=O) groups excluding carboxylic acids is 1. The van der Waals surface area contributed by atoms with E-state index in [1.165, 1.54) is 24.5 Å². The van der Waals surface area contributed by atoms with Gasteiger partial charge in [-0.05, 0) is 23.8 Å². The van der Waals surface area contributed by atoms with Crippen molar-refractivity contribution in [1.82, 2.24) is 9.97 Å². The Kier molecular flexibility index (Phi) is 4.36. The van der Waals surface area contributed by atoms with Crippen LogP contribution in [0.4, 0.5) is 27.6 Å². The second kappa shape index (κ2) is 6.64. The molecule has 0 unspecified atom stereocenters. The van der Waals surface area contributed by atoms with Crippen LogP contribution in [0, 0.1) is 0 Å². The number of anilines is 1. The van der Waals surface area contributed by atoms with Gasteiger partial charge in [0.15, 0.2) is 5.75 Å². The quantitative estimate of drug-likeness (QED) is 0.607. The summed E-state index contributed by atoms with van der Waals surface area (Å²) < 4.78 is 71.3. The molecule has 0 bridgehead atoms. The first-order chi connectivity index (χ1) is 13.6. The van der Waals surface area contributed by atoms with Crippen molar-refractivity contribution in [3.8, 4) is 5.75 Å². The zero-order chi connectivity index (χ0) is 20.8. The third-order valence-corrected chi connectivity index (χ3v) is 4.36. The number of para-hydroxylation sites is 1. The minimum Gasteiger partial charge on any atom is -0.423 e. The summed E-state index contributed by atoms with van der Waals surface area (Å²) in [5, 5.41) is 0. The highest BCUT2D eigenvalue weighted by Crippen LogP contribution is 2.43. The Hall–Kier alpha value is -3.30. The third-order valence-electron chi connectivity index (χ3n) is 4.36. The number of rotatable bonds is 3. The summed E-state index contributed by atoms with van der Waals surface area (Å²) in [6, 6.07) is 8.34. The third kappa shape index (κ3) is 3.69. The van der Waals surface area contributed by atoms with Crippen LogP contribution in [0.15, 0.2) is 48.8 Å². The molecule has 0 N–H and O–H groups in total. The fourth-order valence-electron chi connectivity index (χ4n) is 3.14. The number of alkyl halides is 5. The monoisotopic (exact) mass is 409 g/mol. The SMILES string of the molecule is O=C1N(Cc2ccc3nccnc3c2)c2cccc(CC(F)(F)F)c2OC1(F)F. The van der Waals surface area contributed by atoms with Crippen LogP contribution >= 0.6 is 0 Å². The number of fused-ring (bicyclic) bond motifs is 2. The molecule has 1 amide bonds. The van der Waals surface area contributed by atoms with Gasteiger partial charge in [0.1, 0.15) is 0 Å². The van der Waals surface area contributed by atoms with Gasteiger partial charge in [-0.2, -0.15) is 22.0 Å². The molecule has 1 aliphatic rings. The number of halogens is 5. The largest absolute Gasteiger partial charge is 0.483 e. The number of benzene rings is 2. The summed E-state index contributed by atoms with van der Waals surface area (Å²) in [6.45, 7) is -0.299. The first-order valence-corrected chi connectivity index (χ1v) is 8.41. The standard InChI is InChI=1S/C19H12F5N3O2/c20-18(21,22)9-12-2-1-3-15-16(12)29-19(23,24)17(28)27(15)10-11-4-5-13-14(8-11)26-7-6-25-13/h1-8H,9-10H2. The molecule has 2 heterocycles. The molecular weight excluding hydrogens is 397 g/mol. The predicted octanol–water partition coefficient (Wildman–Crippen LogP) is 4.25. The molecule has 0 radical (unpaired) electrons. The van der Waals surface area contributed by atoms with Crippen LogP contribution in [0.1, 0.15) is 11.1 Å². The second-order valence-corrected chi connectivity index (χ2v) is 6.45. The van der Waals surface area contributed by atoms with Crippen molar-refractivity contribution >= 4 is 22.6 Å². The van der Waals surface area contributed by atoms with Crippen molar-refractivity contribution in [2.24, 2.45) is 0 Å². The second-order valence-electron chi connectivity index (χ2n) is 6.45. The Morgan fingerprint density at radius 2 is 1.76 bits per heavy atom. The minimum atomic E-state index is -4.63. The maximum Gasteiger partial charge on any atom is 0.483 e. The highest BCUT2D eigenvalue weighted by atomic mass is 19.4. The van der Waals surface area contributed by atoms with Gasteiger partial charge in [0.05, 0.1) is 29.7 Å². The maximum absolute atomic E-state index is 14.2. The highest BCUT2D eigenvalue weighted by Gasteiger charge is 2.51. The van der Waals surface area contributed by atoms with Crippen LogP contribution in [-0.4, -0.2) is 28.2 Å². The van der Waals surface area contributed by atoms with Crippen molar-refractivity contribution in [3.05, 3.63) is 59.9 Å². The molecule has 5 nitrogen and oxygen atoms in total. The fourth-order valence-corrected chi connectivity index (χ4v) is 3.14. The van der Waals surface area contributed by atoms with Gasteiger partial charge in [-0.25, -0.2) is 0 Å². The van der Waals surface area contributed by atoms with E-state index < -0.39 is 35.9 Å². The Balaban J connectivity index is 1.76. The number of hydrogen-bond donors (Lipinski definition) is 0. The normalized spacial score (nSPS) is 15.9. The number of amides is 1. The summed E-state index contributed by atoms with van der Waals surface area (Å²) in [5.41, 5.74) is 0.890. The molecule has 0 saturated heterocycles. The van der Waals surface area contributed by atoms with Gasteiger partial charge < -0.3 is 4.74 Å². The van der Waals surface area contributed by atoms with E-state index in [0.717, 1.165) is 11.0 Å². The molecule has 0 atom stereocenters. The smallest absolute Gasteiger partial charge is 0.423 e. The van der Waals surface area contributed by atoms with Gasteiger partial charge >= 0.3 is 18.2 Å². The molecule has 1 aromatic heterocycles. The van der Waals surface area contributed by atoms with E-state index in [9.17, 15) is 26.7 Å². The lowest BCUT2D eigenvalue weighted by Gasteiger charge is -2.34. The Morgan fingerprint density at radius 1 is 1.03 bits per heavy atom. The van der Waals surface area contributed by atoms with Crippen LogP contribution < -0.4 is 9.64 Å². The number of carbonyl (C=O) groups is 1. The van der Waals surface area contributed by atoms with Gasteiger partial charge in [0.25, 0.3) is 0 Å². The summed E-state index contributed by atoms with van der Waals surface area (Å²) in [6.07, 6.45) is -7.42. The van der Waals surface area contributed by atoms with E-state index in [4.69, 9.17) is 0 Å². The van der Waals surface area contributed by atoms with Crippen molar-refractivity contribution in [1.29, 1.82) is 0 Å². The van der Waals surface area contributed by atoms with Crippen LogP contribution in [0.2, 0.25) is 0 Å². The highest BCUT2D eigenvalue weighted by molar-refractivity contribution is 6.01. The molecule has 10 heteroatoms. The summed E-state index contributed by atoms with van der Waals surface area (Å²) >= 11 is 0. The molecule has 2 aromatic carbocycles. The van der Waals surface area contributed by atoms with Crippen LogP contribution in [0.5, 0.6) is 5.75 Å². The molecule has 1 aliphatic heterocycles. The van der Waals surface area contributed by atoms with Crippen molar-refractivity contribution in [2.45, 2.75) is 25.3 Å². The summed E-state index contributed by atoms with van der Waals surface area (Å²) in [7, 11) is 0. The Bertz CT molecular complexity index is 1100. The number of aromatic nitrogens is 2. The van der Waals surface area contributed by atoms with Crippen LogP contribution in [-0.2, 0) is 17.8 Å². The molecule has 0 fully saturated rings. The molecule has 4 rings (SSSR count). The van der Waals surface area contributed by atoms with Gasteiger partial charge in [-0.1, -0.05) is 18.2 Å². The summed E-state index contributed by atoms with van der Waals surface area (Å²) in [5.74, 6) is -2.32. The fraction of sp³-hybridized carbons (Fsp3) is 0.211. The molecular formula is C19H12F5N3O2. The number of ether oxygens (including phenoxy) is 1. The molecule has 0 saturated carbocycles. The molecule has 0 aliphatic carbocycles. The van der Waals surface area contributed by atoms with Gasteiger partial charge in [0.2, 0.25) is 0 Å². The lowest BCUT2D eigenvalue weighted by Crippen LogP contribution is -2.50. The molecule has 3 aromatic rings. The van der Waals surface area contributed by atoms with Crippen molar-refractivity contribution < 1.29 is 31.5 Å². The van der Waals surface area contributed by atoms with Crippen LogP contribution in [0.25, 0.3) is 11.0 Å². The van der Waals surface area contributed by atoms with Crippen molar-refractivity contribution in [2.75, 3.05) is 4.90 Å². The molecule has 29 heavy (non-hydrogen) atoms. The van der Waals surface area contributed by atoms with E-state index in [2.05, 4.69) is 14.7 Å². The average Bonchev–Trinajstić information content (AvgIpc) is 2.65. The zero-order valence-electron chi connectivity index (χ0n) is 14.6. The molecule has 0 spiro atoms. The van der Waals surface area contributed by atoms with E-state index >= 15 is 0 Å². The molecule has 150 valence electrons. The van der Waals surface area contributed by atoms with E-state index in [-0.39, 0.29) is 12.2 Å². The Morgan fingerprint density at radius 3 is 2.48 bits per heavy atom. The lowest BCUT2D eigenvalue weighted by atomic mass is 10.1. The van der Waals surface area contributed by atoms with Gasteiger partial charge in [-0.3, -0.25) is 19.7 Å². The number of nitrogens with zero attached hydrogens (tertiary/aromatic N) is 3. The minimum absolute atomic E-state index is 0.151. The lowest BCUT2D eigenvalue weighted by molar-refractivity contribution is -0.193. The predicted molar refractivity (Wildman–Crippen MR) is 92.5 cm³/mol. The first-order valence-electron chi connectivity index (χ1n) is 8.41. The van der Waals surface area contributed by atoms with Gasteiger partial charge in [-0.15, -0.1) is 0 Å². The number of hydrogen-bond acceptors (Lipinski definition) is 4. The van der Waals surface area contributed by atoms with Gasteiger partial charge in [0, 0.05) is 18.0 Å².